The zero-order chi connectivity index (χ0) is 20.1. The van der Waals surface area contributed by atoms with Crippen molar-refractivity contribution >= 4 is 54.6 Å². The summed E-state index contributed by atoms with van der Waals surface area (Å²) >= 11 is 5.02. The summed E-state index contributed by atoms with van der Waals surface area (Å²) in [7, 11) is 1.39. The maximum absolute atomic E-state index is 12.2. The third-order valence-electron chi connectivity index (χ3n) is 4.29. The Hall–Kier alpha value is -2.44. The van der Waals surface area contributed by atoms with E-state index in [4.69, 9.17) is 9.57 Å². The lowest BCUT2D eigenvalue weighted by Crippen LogP contribution is -2.04. The van der Waals surface area contributed by atoms with Crippen molar-refractivity contribution in [2.45, 2.75) is 20.5 Å². The van der Waals surface area contributed by atoms with Crippen molar-refractivity contribution in [2.75, 3.05) is 7.11 Å². The van der Waals surface area contributed by atoms with E-state index in [-0.39, 0.29) is 12.6 Å². The number of hydrogen-bond acceptors (Lipinski definition) is 5. The Labute approximate surface area is 176 Å². The minimum Gasteiger partial charge on any atom is -0.465 e. The third-order valence-corrected chi connectivity index (χ3v) is 6.03. The van der Waals surface area contributed by atoms with Crippen molar-refractivity contribution in [3.8, 4) is 0 Å². The van der Waals surface area contributed by atoms with Crippen LogP contribution < -0.4 is 0 Å². The number of hydrogen-bond donors (Lipinski definition) is 0. The quantitative estimate of drug-likeness (QED) is 0.192. The SMILES string of the molecule is CC=C(C(=O)OC)c1sc2ccccc2c1CON=C(C)c1cccc(Br)c1. The first-order valence-electron chi connectivity index (χ1n) is 8.73. The summed E-state index contributed by atoms with van der Waals surface area (Å²) in [5, 5.41) is 5.33. The molecular formula is C22H20BrNO3S. The second kappa shape index (κ2) is 9.17. The van der Waals surface area contributed by atoms with Crippen LogP contribution in [0.4, 0.5) is 0 Å². The van der Waals surface area contributed by atoms with Crippen molar-refractivity contribution in [2.24, 2.45) is 5.16 Å². The van der Waals surface area contributed by atoms with Gasteiger partial charge in [-0.15, -0.1) is 11.3 Å². The Morgan fingerprint density at radius 2 is 2.00 bits per heavy atom. The highest BCUT2D eigenvalue weighted by Gasteiger charge is 2.21. The molecule has 0 saturated carbocycles. The molecule has 3 aromatic rings. The van der Waals surface area contributed by atoms with Gasteiger partial charge < -0.3 is 9.57 Å². The number of esters is 1. The van der Waals surface area contributed by atoms with Gasteiger partial charge in [0, 0.05) is 25.2 Å². The van der Waals surface area contributed by atoms with E-state index < -0.39 is 0 Å². The number of allylic oxidation sites excluding steroid dienone is 1. The number of fused-ring (bicyclic) bond motifs is 1. The molecule has 0 amide bonds. The monoisotopic (exact) mass is 457 g/mol. The Bertz CT molecular complexity index is 1070. The van der Waals surface area contributed by atoms with Gasteiger partial charge in [0.1, 0.15) is 6.61 Å². The van der Waals surface area contributed by atoms with E-state index in [0.717, 1.165) is 36.3 Å². The first-order chi connectivity index (χ1) is 13.5. The van der Waals surface area contributed by atoms with Crippen molar-refractivity contribution < 1.29 is 14.4 Å². The molecule has 0 aliphatic heterocycles. The first kappa shape index (κ1) is 20.3. The molecule has 2 aromatic carbocycles. The number of ether oxygens (including phenoxy) is 1. The standard InChI is InChI=1S/C22H20BrNO3S/c1-4-17(22(25)26-3)21-19(18-10-5-6-11-20(18)28-21)13-27-24-14(2)15-8-7-9-16(23)12-15/h4-12H,13H2,1-3H3. The van der Waals surface area contributed by atoms with E-state index in [0.29, 0.717) is 5.57 Å². The van der Waals surface area contributed by atoms with Crippen LogP contribution in [-0.2, 0) is 21.0 Å². The van der Waals surface area contributed by atoms with Crippen LogP contribution in [0, 0.1) is 0 Å². The number of nitrogens with zero attached hydrogens (tertiary/aromatic N) is 1. The van der Waals surface area contributed by atoms with Crippen LogP contribution >= 0.6 is 27.3 Å². The van der Waals surface area contributed by atoms with E-state index in [2.05, 4.69) is 21.1 Å². The second-order valence-electron chi connectivity index (χ2n) is 6.06. The highest BCUT2D eigenvalue weighted by atomic mass is 79.9. The van der Waals surface area contributed by atoms with Gasteiger partial charge in [-0.25, -0.2) is 4.79 Å². The van der Waals surface area contributed by atoms with Gasteiger partial charge in [-0.05, 0) is 37.4 Å². The second-order valence-corrected chi connectivity index (χ2v) is 8.03. The van der Waals surface area contributed by atoms with Gasteiger partial charge in [-0.3, -0.25) is 0 Å². The van der Waals surface area contributed by atoms with Gasteiger partial charge in [-0.1, -0.05) is 57.5 Å². The minimum absolute atomic E-state index is 0.263. The van der Waals surface area contributed by atoms with Gasteiger partial charge in [0.05, 0.1) is 18.4 Å². The normalized spacial score (nSPS) is 12.3. The Morgan fingerprint density at radius 3 is 2.71 bits per heavy atom. The molecule has 1 aromatic heterocycles. The van der Waals surface area contributed by atoms with E-state index >= 15 is 0 Å². The molecule has 3 rings (SSSR count). The number of halogens is 1. The highest BCUT2D eigenvalue weighted by Crippen LogP contribution is 2.36. The lowest BCUT2D eigenvalue weighted by molar-refractivity contribution is -0.133. The molecule has 0 aliphatic rings. The Morgan fingerprint density at radius 1 is 1.21 bits per heavy atom. The molecule has 0 saturated heterocycles. The summed E-state index contributed by atoms with van der Waals surface area (Å²) < 4.78 is 7.02. The molecule has 0 N–H and O–H groups in total. The zero-order valence-electron chi connectivity index (χ0n) is 15.9. The molecule has 0 spiro atoms. The number of carbonyl (C=O) groups excluding carboxylic acids is 1. The van der Waals surface area contributed by atoms with Crippen LogP contribution in [0.25, 0.3) is 15.7 Å². The summed E-state index contributed by atoms with van der Waals surface area (Å²) in [5.74, 6) is -0.357. The minimum atomic E-state index is -0.357. The molecule has 6 heteroatoms. The molecule has 0 atom stereocenters. The molecule has 0 unspecified atom stereocenters. The van der Waals surface area contributed by atoms with Crippen LogP contribution in [0.15, 0.2) is 64.2 Å². The van der Waals surface area contributed by atoms with E-state index in [1.807, 2.05) is 62.4 Å². The third kappa shape index (κ3) is 4.34. The number of benzene rings is 2. The average Bonchev–Trinajstić information content (AvgIpc) is 3.06. The number of rotatable bonds is 6. The smallest absolute Gasteiger partial charge is 0.338 e. The van der Waals surface area contributed by atoms with Crippen LogP contribution in [0.5, 0.6) is 0 Å². The maximum Gasteiger partial charge on any atom is 0.338 e. The van der Waals surface area contributed by atoms with E-state index in [1.165, 1.54) is 7.11 Å². The lowest BCUT2D eigenvalue weighted by Gasteiger charge is -2.07. The number of carbonyl (C=O) groups is 1. The summed E-state index contributed by atoms with van der Waals surface area (Å²) in [6.07, 6.45) is 1.77. The molecule has 0 bridgehead atoms. The summed E-state index contributed by atoms with van der Waals surface area (Å²) in [5.41, 5.74) is 3.23. The number of thiophene rings is 1. The van der Waals surface area contributed by atoms with Gasteiger partial charge >= 0.3 is 5.97 Å². The molecule has 4 nitrogen and oxygen atoms in total. The van der Waals surface area contributed by atoms with Crippen molar-refractivity contribution in [1.82, 2.24) is 0 Å². The van der Waals surface area contributed by atoms with Crippen LogP contribution in [0.1, 0.15) is 29.9 Å². The lowest BCUT2D eigenvalue weighted by atomic mass is 10.1. The van der Waals surface area contributed by atoms with Crippen LogP contribution in [0.2, 0.25) is 0 Å². The fraction of sp³-hybridized carbons (Fsp3) is 0.182. The number of methoxy groups -OCH3 is 1. The molecule has 28 heavy (non-hydrogen) atoms. The highest BCUT2D eigenvalue weighted by molar-refractivity contribution is 9.10. The maximum atomic E-state index is 12.2. The summed E-state index contributed by atoms with van der Waals surface area (Å²) in [4.78, 5) is 18.8. The number of oxime groups is 1. The topological polar surface area (TPSA) is 47.9 Å². The van der Waals surface area contributed by atoms with Crippen LogP contribution in [-0.4, -0.2) is 18.8 Å². The van der Waals surface area contributed by atoms with Gasteiger partial charge in [-0.2, -0.15) is 0 Å². The summed E-state index contributed by atoms with van der Waals surface area (Å²) in [6, 6.07) is 15.9. The first-order valence-corrected chi connectivity index (χ1v) is 10.3. The van der Waals surface area contributed by atoms with Crippen molar-refractivity contribution in [3.05, 3.63) is 75.1 Å². The van der Waals surface area contributed by atoms with E-state index in [1.54, 1.807) is 17.4 Å². The molecular weight excluding hydrogens is 438 g/mol. The molecule has 144 valence electrons. The van der Waals surface area contributed by atoms with Crippen molar-refractivity contribution in [1.29, 1.82) is 0 Å². The fourth-order valence-corrected chi connectivity index (χ4v) is 4.54. The molecule has 0 radical (unpaired) electrons. The van der Waals surface area contributed by atoms with Gasteiger partial charge in [0.2, 0.25) is 0 Å². The van der Waals surface area contributed by atoms with Crippen molar-refractivity contribution in [3.63, 3.8) is 0 Å². The van der Waals surface area contributed by atoms with Gasteiger partial charge in [0.25, 0.3) is 0 Å². The average molecular weight is 458 g/mol. The largest absolute Gasteiger partial charge is 0.465 e. The molecule has 0 aliphatic carbocycles. The molecule has 0 fully saturated rings. The Balaban J connectivity index is 1.93. The summed E-state index contributed by atoms with van der Waals surface area (Å²) in [6.45, 7) is 4.00. The van der Waals surface area contributed by atoms with E-state index in [9.17, 15) is 4.79 Å². The van der Waals surface area contributed by atoms with Crippen LogP contribution in [0.3, 0.4) is 0 Å². The zero-order valence-corrected chi connectivity index (χ0v) is 18.3. The Kier molecular flexibility index (Phi) is 6.65. The predicted molar refractivity (Wildman–Crippen MR) is 119 cm³/mol. The fourth-order valence-electron chi connectivity index (χ4n) is 2.87. The predicted octanol–water partition coefficient (Wildman–Crippen LogP) is 6.18. The van der Waals surface area contributed by atoms with Gasteiger partial charge in [0.15, 0.2) is 0 Å². The molecule has 1 heterocycles.